The Kier molecular flexibility index (Phi) is 6.36. The van der Waals surface area contributed by atoms with E-state index in [4.69, 9.17) is 15.2 Å². The molecule has 2 aromatic rings. The molecule has 1 heterocycles. The van der Waals surface area contributed by atoms with Gasteiger partial charge in [-0.25, -0.2) is 0 Å². The Balaban J connectivity index is 1.60. The van der Waals surface area contributed by atoms with E-state index in [0.29, 0.717) is 13.2 Å². The largest absolute Gasteiger partial charge is 0.493 e. The van der Waals surface area contributed by atoms with Gasteiger partial charge in [0.2, 0.25) is 0 Å². The Morgan fingerprint density at radius 3 is 2.46 bits per heavy atom. The van der Waals surface area contributed by atoms with E-state index in [2.05, 4.69) is 53.1 Å². The van der Waals surface area contributed by atoms with Crippen LogP contribution in [0.25, 0.3) is 0 Å². The van der Waals surface area contributed by atoms with Gasteiger partial charge >= 0.3 is 0 Å². The average molecular weight is 355 g/mol. The van der Waals surface area contributed by atoms with Gasteiger partial charge < -0.3 is 20.1 Å². The SMILES string of the molecule is COc1ccc(CN2CCN(c3ccccc3C)CC2)cc1OCCN. The molecule has 1 aliphatic rings. The van der Waals surface area contributed by atoms with Crippen molar-refractivity contribution in [3.63, 3.8) is 0 Å². The average Bonchev–Trinajstić information content (AvgIpc) is 2.68. The van der Waals surface area contributed by atoms with Crippen molar-refractivity contribution in [3.05, 3.63) is 53.6 Å². The molecule has 0 aliphatic carbocycles. The first-order valence-electron chi connectivity index (χ1n) is 9.24. The van der Waals surface area contributed by atoms with Gasteiger partial charge in [0.25, 0.3) is 0 Å². The summed E-state index contributed by atoms with van der Waals surface area (Å²) < 4.78 is 11.1. The molecule has 1 fully saturated rings. The molecule has 0 amide bonds. The van der Waals surface area contributed by atoms with Crippen LogP contribution in [0.4, 0.5) is 5.69 Å². The van der Waals surface area contributed by atoms with Gasteiger partial charge in [-0.2, -0.15) is 0 Å². The molecule has 1 saturated heterocycles. The normalized spacial score (nSPS) is 15.1. The predicted molar refractivity (Wildman–Crippen MR) is 106 cm³/mol. The van der Waals surface area contributed by atoms with Gasteiger partial charge in [-0.3, -0.25) is 4.90 Å². The highest BCUT2D eigenvalue weighted by Gasteiger charge is 2.18. The molecule has 0 bridgehead atoms. The van der Waals surface area contributed by atoms with E-state index in [-0.39, 0.29) is 0 Å². The van der Waals surface area contributed by atoms with E-state index in [9.17, 15) is 0 Å². The molecule has 1 aliphatic heterocycles. The number of methoxy groups -OCH3 is 1. The van der Waals surface area contributed by atoms with E-state index in [1.165, 1.54) is 16.8 Å². The van der Waals surface area contributed by atoms with Gasteiger partial charge in [-0.1, -0.05) is 24.3 Å². The molecular weight excluding hydrogens is 326 g/mol. The van der Waals surface area contributed by atoms with E-state index >= 15 is 0 Å². The highest BCUT2D eigenvalue weighted by molar-refractivity contribution is 5.53. The van der Waals surface area contributed by atoms with Crippen LogP contribution in [0, 0.1) is 6.92 Å². The molecule has 0 radical (unpaired) electrons. The Hall–Kier alpha value is -2.24. The summed E-state index contributed by atoms with van der Waals surface area (Å²) in [7, 11) is 1.66. The van der Waals surface area contributed by atoms with E-state index < -0.39 is 0 Å². The number of ether oxygens (including phenoxy) is 2. The highest BCUT2D eigenvalue weighted by atomic mass is 16.5. The van der Waals surface area contributed by atoms with Crippen LogP contribution in [0.5, 0.6) is 11.5 Å². The Morgan fingerprint density at radius 2 is 1.77 bits per heavy atom. The lowest BCUT2D eigenvalue weighted by atomic mass is 10.1. The number of rotatable bonds is 7. The number of hydrogen-bond acceptors (Lipinski definition) is 5. The standard InChI is InChI=1S/C21H29N3O2/c1-17-5-3-4-6-19(17)24-12-10-23(11-13-24)16-18-7-8-20(25-2)21(15-18)26-14-9-22/h3-8,15H,9-14,16,22H2,1-2H3. The molecule has 5 heteroatoms. The van der Waals surface area contributed by atoms with Gasteiger partial charge in [-0.05, 0) is 36.2 Å². The number of piperazine rings is 1. The number of aryl methyl sites for hydroxylation is 1. The molecule has 140 valence electrons. The fourth-order valence-corrected chi connectivity index (χ4v) is 3.42. The minimum Gasteiger partial charge on any atom is -0.493 e. The van der Waals surface area contributed by atoms with Crippen LogP contribution >= 0.6 is 0 Å². The van der Waals surface area contributed by atoms with Gasteiger partial charge in [0, 0.05) is 45.0 Å². The molecule has 0 spiro atoms. The molecule has 2 aromatic carbocycles. The Bertz CT molecular complexity index is 712. The fraction of sp³-hybridized carbons (Fsp3) is 0.429. The molecule has 0 saturated carbocycles. The third-order valence-electron chi connectivity index (χ3n) is 4.84. The summed E-state index contributed by atoms with van der Waals surface area (Å²) in [4.78, 5) is 4.97. The number of nitrogens with zero attached hydrogens (tertiary/aromatic N) is 2. The summed E-state index contributed by atoms with van der Waals surface area (Å²) >= 11 is 0. The second kappa shape index (κ2) is 8.92. The summed E-state index contributed by atoms with van der Waals surface area (Å²) in [5.74, 6) is 1.53. The summed E-state index contributed by atoms with van der Waals surface area (Å²) in [6, 6.07) is 14.8. The van der Waals surface area contributed by atoms with Crippen molar-refractivity contribution in [2.75, 3.05) is 51.3 Å². The van der Waals surface area contributed by atoms with Crippen LogP contribution in [0.1, 0.15) is 11.1 Å². The molecule has 2 N–H and O–H groups in total. The van der Waals surface area contributed by atoms with E-state index in [1.807, 2.05) is 6.07 Å². The number of hydrogen-bond donors (Lipinski definition) is 1. The van der Waals surface area contributed by atoms with E-state index in [0.717, 1.165) is 44.2 Å². The van der Waals surface area contributed by atoms with Gasteiger partial charge in [0.1, 0.15) is 6.61 Å². The van der Waals surface area contributed by atoms with Crippen molar-refractivity contribution in [1.82, 2.24) is 4.90 Å². The predicted octanol–water partition coefficient (Wildman–Crippen LogP) is 2.66. The lowest BCUT2D eigenvalue weighted by molar-refractivity contribution is 0.248. The van der Waals surface area contributed by atoms with Crippen molar-refractivity contribution in [3.8, 4) is 11.5 Å². The molecular formula is C21H29N3O2. The van der Waals surface area contributed by atoms with Crippen LogP contribution in [-0.2, 0) is 6.54 Å². The maximum Gasteiger partial charge on any atom is 0.161 e. The zero-order valence-electron chi connectivity index (χ0n) is 15.8. The van der Waals surface area contributed by atoms with Crippen LogP contribution in [-0.4, -0.2) is 51.3 Å². The Morgan fingerprint density at radius 1 is 1.00 bits per heavy atom. The second-order valence-corrected chi connectivity index (χ2v) is 6.67. The lowest BCUT2D eigenvalue weighted by Crippen LogP contribution is -2.46. The maximum absolute atomic E-state index is 5.72. The number of anilines is 1. The van der Waals surface area contributed by atoms with Crippen molar-refractivity contribution in [2.45, 2.75) is 13.5 Å². The fourth-order valence-electron chi connectivity index (χ4n) is 3.42. The maximum atomic E-state index is 5.72. The van der Waals surface area contributed by atoms with Crippen LogP contribution in [0.3, 0.4) is 0 Å². The molecule has 5 nitrogen and oxygen atoms in total. The highest BCUT2D eigenvalue weighted by Crippen LogP contribution is 2.29. The number of nitrogens with two attached hydrogens (primary N) is 1. The van der Waals surface area contributed by atoms with Crippen molar-refractivity contribution in [1.29, 1.82) is 0 Å². The molecule has 0 unspecified atom stereocenters. The first-order chi connectivity index (χ1) is 12.7. The minimum absolute atomic E-state index is 0.494. The number of benzene rings is 2. The van der Waals surface area contributed by atoms with E-state index in [1.54, 1.807) is 7.11 Å². The third-order valence-corrected chi connectivity index (χ3v) is 4.84. The van der Waals surface area contributed by atoms with Gasteiger partial charge in [-0.15, -0.1) is 0 Å². The van der Waals surface area contributed by atoms with Gasteiger partial charge in [0.15, 0.2) is 11.5 Å². The Labute approximate surface area is 156 Å². The second-order valence-electron chi connectivity index (χ2n) is 6.67. The minimum atomic E-state index is 0.494. The van der Waals surface area contributed by atoms with Crippen LogP contribution in [0.15, 0.2) is 42.5 Å². The monoisotopic (exact) mass is 355 g/mol. The van der Waals surface area contributed by atoms with Crippen LogP contribution < -0.4 is 20.1 Å². The lowest BCUT2D eigenvalue weighted by Gasteiger charge is -2.36. The zero-order valence-corrected chi connectivity index (χ0v) is 15.8. The summed E-state index contributed by atoms with van der Waals surface area (Å²) in [6.07, 6.45) is 0. The molecule has 0 aromatic heterocycles. The summed E-state index contributed by atoms with van der Waals surface area (Å²) in [5.41, 5.74) is 9.49. The quantitative estimate of drug-likeness (QED) is 0.827. The first-order valence-corrected chi connectivity index (χ1v) is 9.24. The summed E-state index contributed by atoms with van der Waals surface area (Å²) in [6.45, 7) is 8.31. The van der Waals surface area contributed by atoms with Crippen molar-refractivity contribution >= 4 is 5.69 Å². The van der Waals surface area contributed by atoms with Crippen molar-refractivity contribution in [2.24, 2.45) is 5.73 Å². The van der Waals surface area contributed by atoms with Gasteiger partial charge in [0.05, 0.1) is 7.11 Å². The van der Waals surface area contributed by atoms with Crippen molar-refractivity contribution < 1.29 is 9.47 Å². The molecule has 26 heavy (non-hydrogen) atoms. The van der Waals surface area contributed by atoms with Crippen LogP contribution in [0.2, 0.25) is 0 Å². The third kappa shape index (κ3) is 4.48. The zero-order chi connectivity index (χ0) is 18.4. The first kappa shape index (κ1) is 18.5. The summed E-state index contributed by atoms with van der Waals surface area (Å²) in [5, 5.41) is 0. The number of para-hydroxylation sites is 1. The smallest absolute Gasteiger partial charge is 0.161 e. The topological polar surface area (TPSA) is 51.0 Å². The molecule has 0 atom stereocenters. The molecule has 3 rings (SSSR count).